The number of alkyl halides is 1. The van der Waals surface area contributed by atoms with Crippen LogP contribution in [0.1, 0.15) is 18.4 Å². The van der Waals surface area contributed by atoms with Crippen LogP contribution < -0.4 is 4.90 Å². The lowest BCUT2D eigenvalue weighted by molar-refractivity contribution is 0.910. The molecule has 0 saturated heterocycles. The van der Waals surface area contributed by atoms with Crippen LogP contribution in [0.5, 0.6) is 0 Å². The fourth-order valence-electron chi connectivity index (χ4n) is 1.63. The highest BCUT2D eigenvalue weighted by Crippen LogP contribution is 2.32. The molecule has 0 radical (unpaired) electrons. The van der Waals surface area contributed by atoms with Crippen molar-refractivity contribution in [3.8, 4) is 0 Å². The van der Waals surface area contributed by atoms with Crippen LogP contribution in [-0.4, -0.2) is 13.1 Å². The number of halogens is 1. The molecule has 70 valence electrons. The highest BCUT2D eigenvalue weighted by Gasteiger charge is 2.27. The molecular weight excluding hydrogens is 182 g/mol. The normalized spacial score (nSPS) is 15.8. The van der Waals surface area contributed by atoms with Gasteiger partial charge in [0.2, 0.25) is 0 Å². The molecule has 2 rings (SSSR count). The van der Waals surface area contributed by atoms with Crippen molar-refractivity contribution < 1.29 is 0 Å². The Morgan fingerprint density at radius 3 is 2.69 bits per heavy atom. The molecule has 1 aromatic rings. The summed E-state index contributed by atoms with van der Waals surface area (Å²) in [5, 5.41) is 0. The Morgan fingerprint density at radius 2 is 2.08 bits per heavy atom. The van der Waals surface area contributed by atoms with Gasteiger partial charge in [0.1, 0.15) is 0 Å². The van der Waals surface area contributed by atoms with E-state index in [1.54, 1.807) is 0 Å². The minimum absolute atomic E-state index is 0.604. The lowest BCUT2D eigenvalue weighted by Gasteiger charge is -2.21. The minimum atomic E-state index is 0.604. The van der Waals surface area contributed by atoms with Gasteiger partial charge in [-0.1, -0.05) is 18.2 Å². The summed E-state index contributed by atoms with van der Waals surface area (Å²) < 4.78 is 0. The van der Waals surface area contributed by atoms with Crippen molar-refractivity contribution >= 4 is 17.3 Å². The third kappa shape index (κ3) is 1.80. The summed E-state index contributed by atoms with van der Waals surface area (Å²) in [6.07, 6.45) is 2.65. The zero-order valence-corrected chi connectivity index (χ0v) is 8.59. The van der Waals surface area contributed by atoms with Crippen LogP contribution in [0, 0.1) is 0 Å². The zero-order chi connectivity index (χ0) is 9.26. The average molecular weight is 196 g/mol. The summed E-state index contributed by atoms with van der Waals surface area (Å²) in [6.45, 7) is 0. The first-order valence-corrected chi connectivity index (χ1v) is 5.23. The molecule has 1 aliphatic rings. The van der Waals surface area contributed by atoms with Crippen molar-refractivity contribution in [3.63, 3.8) is 0 Å². The van der Waals surface area contributed by atoms with Crippen LogP contribution in [0.15, 0.2) is 24.3 Å². The molecule has 1 nitrogen and oxygen atoms in total. The smallest absolute Gasteiger partial charge is 0.0494 e. The summed E-state index contributed by atoms with van der Waals surface area (Å²) in [5.74, 6) is 0.604. The second-order valence-electron chi connectivity index (χ2n) is 3.60. The summed E-state index contributed by atoms with van der Waals surface area (Å²) in [7, 11) is 2.16. The fraction of sp³-hybridized carbons (Fsp3) is 0.455. The van der Waals surface area contributed by atoms with Crippen LogP contribution in [-0.2, 0) is 5.88 Å². The van der Waals surface area contributed by atoms with Crippen molar-refractivity contribution in [1.82, 2.24) is 0 Å². The van der Waals surface area contributed by atoms with Crippen LogP contribution in [0.3, 0.4) is 0 Å². The largest absolute Gasteiger partial charge is 0.371 e. The Labute approximate surface area is 84.3 Å². The Bertz CT molecular complexity index is 294. The van der Waals surface area contributed by atoms with Gasteiger partial charge < -0.3 is 4.90 Å². The predicted molar refractivity (Wildman–Crippen MR) is 57.4 cm³/mol. The van der Waals surface area contributed by atoms with E-state index < -0.39 is 0 Å². The first-order chi connectivity index (χ1) is 6.33. The summed E-state index contributed by atoms with van der Waals surface area (Å²) in [5.41, 5.74) is 2.53. The molecule has 1 aromatic carbocycles. The van der Waals surface area contributed by atoms with Crippen LogP contribution >= 0.6 is 11.6 Å². The molecule has 1 fully saturated rings. The monoisotopic (exact) mass is 195 g/mol. The number of rotatable bonds is 3. The number of hydrogen-bond donors (Lipinski definition) is 0. The van der Waals surface area contributed by atoms with Crippen LogP contribution in [0.4, 0.5) is 5.69 Å². The lowest BCUT2D eigenvalue weighted by Crippen LogP contribution is -2.20. The average Bonchev–Trinajstić information content (AvgIpc) is 3.00. The molecule has 0 bridgehead atoms. The maximum atomic E-state index is 5.87. The van der Waals surface area contributed by atoms with Crippen molar-refractivity contribution in [3.05, 3.63) is 29.8 Å². The van der Waals surface area contributed by atoms with Gasteiger partial charge >= 0.3 is 0 Å². The predicted octanol–water partition coefficient (Wildman–Crippen LogP) is 3.02. The number of nitrogens with zero attached hydrogens (tertiary/aromatic N) is 1. The minimum Gasteiger partial charge on any atom is -0.371 e. The van der Waals surface area contributed by atoms with Crippen molar-refractivity contribution in [1.29, 1.82) is 0 Å². The molecule has 0 atom stereocenters. The summed E-state index contributed by atoms with van der Waals surface area (Å²) in [4.78, 5) is 2.34. The molecular formula is C11H14ClN. The number of para-hydroxylation sites is 1. The van der Waals surface area contributed by atoms with Gasteiger partial charge in [0.05, 0.1) is 0 Å². The van der Waals surface area contributed by atoms with E-state index in [-0.39, 0.29) is 0 Å². The lowest BCUT2D eigenvalue weighted by atomic mass is 10.2. The van der Waals surface area contributed by atoms with E-state index in [9.17, 15) is 0 Å². The molecule has 0 N–H and O–H groups in total. The zero-order valence-electron chi connectivity index (χ0n) is 7.83. The van der Waals surface area contributed by atoms with Gasteiger partial charge in [0.25, 0.3) is 0 Å². The summed E-state index contributed by atoms with van der Waals surface area (Å²) >= 11 is 5.87. The van der Waals surface area contributed by atoms with E-state index in [0.29, 0.717) is 5.88 Å². The Kier molecular flexibility index (Phi) is 2.45. The number of benzene rings is 1. The number of anilines is 1. The molecule has 1 saturated carbocycles. The van der Waals surface area contributed by atoms with Gasteiger partial charge in [-0.05, 0) is 24.5 Å². The third-order valence-electron chi connectivity index (χ3n) is 2.61. The fourth-order valence-corrected chi connectivity index (χ4v) is 1.85. The SMILES string of the molecule is CN(c1ccccc1CCl)C1CC1. The van der Waals surface area contributed by atoms with Crippen molar-refractivity contribution in [2.45, 2.75) is 24.8 Å². The summed E-state index contributed by atoms with van der Waals surface area (Å²) in [6, 6.07) is 9.12. The second kappa shape index (κ2) is 3.59. The maximum absolute atomic E-state index is 5.87. The van der Waals surface area contributed by atoms with E-state index in [0.717, 1.165) is 6.04 Å². The van der Waals surface area contributed by atoms with E-state index >= 15 is 0 Å². The second-order valence-corrected chi connectivity index (χ2v) is 3.87. The van der Waals surface area contributed by atoms with E-state index in [1.165, 1.54) is 24.1 Å². The maximum Gasteiger partial charge on any atom is 0.0494 e. The van der Waals surface area contributed by atoms with E-state index in [4.69, 9.17) is 11.6 Å². The van der Waals surface area contributed by atoms with Gasteiger partial charge in [-0.15, -0.1) is 11.6 Å². The van der Waals surface area contributed by atoms with Gasteiger partial charge in [-0.3, -0.25) is 0 Å². The Morgan fingerprint density at radius 1 is 1.38 bits per heavy atom. The molecule has 0 heterocycles. The third-order valence-corrected chi connectivity index (χ3v) is 2.90. The van der Waals surface area contributed by atoms with Crippen LogP contribution in [0.2, 0.25) is 0 Å². The van der Waals surface area contributed by atoms with Gasteiger partial charge in [-0.2, -0.15) is 0 Å². The molecule has 0 spiro atoms. The molecule has 2 heteroatoms. The molecule has 0 amide bonds. The van der Waals surface area contributed by atoms with Crippen molar-refractivity contribution in [2.24, 2.45) is 0 Å². The number of hydrogen-bond acceptors (Lipinski definition) is 1. The first-order valence-electron chi connectivity index (χ1n) is 4.69. The molecule has 0 unspecified atom stereocenters. The Balaban J connectivity index is 2.26. The first kappa shape index (κ1) is 8.89. The quantitative estimate of drug-likeness (QED) is 0.671. The van der Waals surface area contributed by atoms with Gasteiger partial charge in [0.15, 0.2) is 0 Å². The molecule has 13 heavy (non-hydrogen) atoms. The molecule has 0 aliphatic heterocycles. The highest BCUT2D eigenvalue weighted by atomic mass is 35.5. The van der Waals surface area contributed by atoms with Gasteiger partial charge in [-0.25, -0.2) is 0 Å². The standard InChI is InChI=1S/C11H14ClN/c1-13(10-6-7-10)11-5-3-2-4-9(11)8-12/h2-5,10H,6-8H2,1H3. The van der Waals surface area contributed by atoms with E-state index in [2.05, 4.69) is 30.1 Å². The van der Waals surface area contributed by atoms with Crippen molar-refractivity contribution in [2.75, 3.05) is 11.9 Å². The molecule has 0 aromatic heterocycles. The highest BCUT2D eigenvalue weighted by molar-refractivity contribution is 6.17. The Hall–Kier alpha value is -0.690. The molecule has 1 aliphatic carbocycles. The topological polar surface area (TPSA) is 3.24 Å². The van der Waals surface area contributed by atoms with E-state index in [1.807, 2.05) is 6.07 Å². The van der Waals surface area contributed by atoms with Gasteiger partial charge in [0, 0.05) is 24.7 Å². The van der Waals surface area contributed by atoms with Crippen LogP contribution in [0.25, 0.3) is 0 Å².